The van der Waals surface area contributed by atoms with Gasteiger partial charge in [0.2, 0.25) is 5.91 Å². The van der Waals surface area contributed by atoms with Crippen LogP contribution in [0.25, 0.3) is 0 Å². The minimum Gasteiger partial charge on any atom is -0.506 e. The summed E-state index contributed by atoms with van der Waals surface area (Å²) in [6.45, 7) is 7.15. The average molecular weight is 423 g/mol. The Morgan fingerprint density at radius 3 is 2.52 bits per heavy atom. The van der Waals surface area contributed by atoms with Crippen LogP contribution in [0.5, 0.6) is 5.75 Å². The fourth-order valence-corrected chi connectivity index (χ4v) is 4.08. The zero-order valence-corrected chi connectivity index (χ0v) is 17.7. The molecule has 2 fully saturated rings. The SMILES string of the molecule is CC1CCN(CCNC(=O)N2CCC(C(=O)Nc3cc(Cl)ccc3O)CC2)CC1. The molecule has 0 atom stereocenters. The molecule has 7 nitrogen and oxygen atoms in total. The number of hydrogen-bond acceptors (Lipinski definition) is 4. The number of nitrogens with zero attached hydrogens (tertiary/aromatic N) is 2. The van der Waals surface area contributed by atoms with Crippen molar-refractivity contribution >= 4 is 29.2 Å². The van der Waals surface area contributed by atoms with E-state index in [4.69, 9.17) is 11.6 Å². The predicted octanol–water partition coefficient (Wildman–Crippen LogP) is 3.14. The van der Waals surface area contributed by atoms with Crippen LogP contribution in [0, 0.1) is 11.8 Å². The number of amides is 3. The quantitative estimate of drug-likeness (QED) is 0.636. The Labute approximate surface area is 177 Å². The van der Waals surface area contributed by atoms with Gasteiger partial charge in [-0.15, -0.1) is 0 Å². The van der Waals surface area contributed by atoms with Gasteiger partial charge in [-0.3, -0.25) is 4.79 Å². The number of anilines is 1. The van der Waals surface area contributed by atoms with Gasteiger partial charge < -0.3 is 25.5 Å². The standard InChI is InChI=1S/C21H31ClN4O3/c1-15-4-9-25(10-5-15)13-8-23-21(29)26-11-6-16(7-12-26)20(28)24-18-14-17(22)2-3-19(18)27/h2-3,14-16,27H,4-13H2,1H3,(H,23,29)(H,24,28). The van der Waals surface area contributed by atoms with Gasteiger partial charge in [0.15, 0.2) is 0 Å². The van der Waals surface area contributed by atoms with E-state index in [0.717, 1.165) is 25.6 Å². The maximum atomic E-state index is 12.5. The number of piperidine rings is 2. The maximum absolute atomic E-state index is 12.5. The summed E-state index contributed by atoms with van der Waals surface area (Å²) in [7, 11) is 0. The van der Waals surface area contributed by atoms with Crippen molar-refractivity contribution in [1.29, 1.82) is 0 Å². The molecule has 0 aliphatic carbocycles. The Balaban J connectivity index is 1.37. The molecule has 2 saturated heterocycles. The van der Waals surface area contributed by atoms with Gasteiger partial charge in [-0.1, -0.05) is 18.5 Å². The van der Waals surface area contributed by atoms with Gasteiger partial charge in [0.05, 0.1) is 5.69 Å². The number of rotatable bonds is 5. The van der Waals surface area contributed by atoms with Crippen molar-refractivity contribution in [2.45, 2.75) is 32.6 Å². The summed E-state index contributed by atoms with van der Waals surface area (Å²) in [4.78, 5) is 29.1. The predicted molar refractivity (Wildman–Crippen MR) is 114 cm³/mol. The number of benzene rings is 1. The molecule has 3 amide bonds. The molecule has 2 aliphatic rings. The first-order chi connectivity index (χ1) is 13.9. The average Bonchev–Trinajstić information content (AvgIpc) is 2.72. The number of phenolic OH excluding ortho intramolecular Hbond substituents is 1. The van der Waals surface area contributed by atoms with Crippen LogP contribution in [0.3, 0.4) is 0 Å². The molecule has 160 valence electrons. The zero-order chi connectivity index (χ0) is 20.8. The lowest BCUT2D eigenvalue weighted by molar-refractivity contribution is -0.121. The monoisotopic (exact) mass is 422 g/mol. The van der Waals surface area contributed by atoms with Crippen LogP contribution in [0.1, 0.15) is 32.6 Å². The fourth-order valence-electron chi connectivity index (χ4n) is 3.91. The van der Waals surface area contributed by atoms with Gasteiger partial charge in [0.1, 0.15) is 5.75 Å². The van der Waals surface area contributed by atoms with Crippen molar-refractivity contribution in [3.05, 3.63) is 23.2 Å². The molecule has 0 aromatic heterocycles. The van der Waals surface area contributed by atoms with Gasteiger partial charge in [0.25, 0.3) is 0 Å². The number of aromatic hydroxyl groups is 1. The van der Waals surface area contributed by atoms with Crippen LogP contribution in [0.2, 0.25) is 5.02 Å². The van der Waals surface area contributed by atoms with Crippen molar-refractivity contribution in [3.63, 3.8) is 0 Å². The van der Waals surface area contributed by atoms with Crippen molar-refractivity contribution in [1.82, 2.24) is 15.1 Å². The number of halogens is 1. The first kappa shape index (κ1) is 21.7. The van der Waals surface area contributed by atoms with Crippen LogP contribution >= 0.6 is 11.6 Å². The van der Waals surface area contributed by atoms with Crippen LogP contribution in [0.15, 0.2) is 18.2 Å². The topological polar surface area (TPSA) is 84.9 Å². The van der Waals surface area contributed by atoms with E-state index in [2.05, 4.69) is 22.5 Å². The van der Waals surface area contributed by atoms with E-state index in [0.29, 0.717) is 43.2 Å². The molecular weight excluding hydrogens is 392 g/mol. The number of hydrogen-bond donors (Lipinski definition) is 3. The highest BCUT2D eigenvalue weighted by molar-refractivity contribution is 6.31. The van der Waals surface area contributed by atoms with Crippen LogP contribution < -0.4 is 10.6 Å². The van der Waals surface area contributed by atoms with Gasteiger partial charge in [0, 0.05) is 37.1 Å². The molecule has 3 rings (SSSR count). The summed E-state index contributed by atoms with van der Waals surface area (Å²) in [5.74, 6) is 0.458. The summed E-state index contributed by atoms with van der Waals surface area (Å²) < 4.78 is 0. The van der Waals surface area contributed by atoms with Gasteiger partial charge in [-0.2, -0.15) is 0 Å². The van der Waals surface area contributed by atoms with Gasteiger partial charge in [-0.25, -0.2) is 4.79 Å². The third-order valence-corrected chi connectivity index (χ3v) is 6.19. The van der Waals surface area contributed by atoms with E-state index in [1.165, 1.54) is 25.0 Å². The van der Waals surface area contributed by atoms with Gasteiger partial charge >= 0.3 is 6.03 Å². The first-order valence-corrected chi connectivity index (χ1v) is 10.8. The second kappa shape index (κ2) is 10.2. The molecule has 2 heterocycles. The number of urea groups is 1. The molecule has 8 heteroatoms. The van der Waals surface area contributed by atoms with Crippen LogP contribution in [-0.2, 0) is 4.79 Å². The Morgan fingerprint density at radius 2 is 1.83 bits per heavy atom. The molecule has 2 aliphatic heterocycles. The summed E-state index contributed by atoms with van der Waals surface area (Å²) in [5.41, 5.74) is 0.315. The number of carbonyl (C=O) groups excluding carboxylic acids is 2. The van der Waals surface area contributed by atoms with E-state index in [1.807, 2.05) is 0 Å². The fraction of sp³-hybridized carbons (Fsp3) is 0.619. The molecule has 1 aromatic carbocycles. The van der Waals surface area contributed by atoms with Crippen molar-refractivity contribution in [3.8, 4) is 5.75 Å². The normalized spacial score (nSPS) is 19.2. The minimum absolute atomic E-state index is 0.0114. The lowest BCUT2D eigenvalue weighted by atomic mass is 9.96. The highest BCUT2D eigenvalue weighted by atomic mass is 35.5. The number of phenols is 1. The maximum Gasteiger partial charge on any atom is 0.317 e. The second-order valence-electron chi connectivity index (χ2n) is 8.17. The molecule has 0 spiro atoms. The Morgan fingerprint density at radius 1 is 1.14 bits per heavy atom. The van der Waals surface area contributed by atoms with E-state index in [-0.39, 0.29) is 23.6 Å². The van der Waals surface area contributed by atoms with E-state index < -0.39 is 0 Å². The summed E-state index contributed by atoms with van der Waals surface area (Å²) in [5, 5.41) is 16.0. The molecule has 0 radical (unpaired) electrons. The second-order valence-corrected chi connectivity index (χ2v) is 8.60. The molecular formula is C21H31ClN4O3. The zero-order valence-electron chi connectivity index (χ0n) is 17.0. The molecule has 0 bridgehead atoms. The first-order valence-electron chi connectivity index (χ1n) is 10.5. The van der Waals surface area contributed by atoms with E-state index >= 15 is 0 Å². The Kier molecular flexibility index (Phi) is 7.61. The third-order valence-electron chi connectivity index (χ3n) is 5.95. The smallest absolute Gasteiger partial charge is 0.317 e. The Hall–Kier alpha value is -1.99. The summed E-state index contributed by atoms with van der Waals surface area (Å²) in [6, 6.07) is 4.49. The highest BCUT2D eigenvalue weighted by Crippen LogP contribution is 2.28. The lowest BCUT2D eigenvalue weighted by Crippen LogP contribution is -2.48. The molecule has 3 N–H and O–H groups in total. The summed E-state index contributed by atoms with van der Waals surface area (Å²) in [6.07, 6.45) is 3.67. The number of nitrogens with one attached hydrogen (secondary N) is 2. The van der Waals surface area contributed by atoms with Crippen molar-refractivity contribution < 1.29 is 14.7 Å². The van der Waals surface area contributed by atoms with Crippen LogP contribution in [-0.4, -0.2) is 66.1 Å². The Bertz CT molecular complexity index is 714. The lowest BCUT2D eigenvalue weighted by Gasteiger charge is -2.32. The largest absolute Gasteiger partial charge is 0.506 e. The molecule has 0 unspecified atom stereocenters. The van der Waals surface area contributed by atoms with E-state index in [9.17, 15) is 14.7 Å². The highest BCUT2D eigenvalue weighted by Gasteiger charge is 2.28. The number of likely N-dealkylation sites (tertiary alicyclic amines) is 2. The van der Waals surface area contributed by atoms with Crippen molar-refractivity contribution in [2.75, 3.05) is 44.6 Å². The van der Waals surface area contributed by atoms with Gasteiger partial charge in [-0.05, 0) is 62.9 Å². The third kappa shape index (κ3) is 6.24. The molecule has 0 saturated carbocycles. The van der Waals surface area contributed by atoms with E-state index in [1.54, 1.807) is 11.0 Å². The minimum atomic E-state index is -0.187. The van der Waals surface area contributed by atoms with Crippen molar-refractivity contribution in [2.24, 2.45) is 11.8 Å². The van der Waals surface area contributed by atoms with Crippen LogP contribution in [0.4, 0.5) is 10.5 Å². The summed E-state index contributed by atoms with van der Waals surface area (Å²) >= 11 is 5.92. The number of carbonyl (C=O) groups is 2. The molecule has 29 heavy (non-hydrogen) atoms. The molecule has 1 aromatic rings.